The molecule has 0 aliphatic carbocycles. The van der Waals surface area contributed by atoms with Crippen LogP contribution < -0.4 is 0 Å². The van der Waals surface area contributed by atoms with Gasteiger partial charge in [0.1, 0.15) is 0 Å². The Morgan fingerprint density at radius 2 is 1.33 bits per heavy atom. The van der Waals surface area contributed by atoms with E-state index in [2.05, 4.69) is 4.98 Å². The second kappa shape index (κ2) is 11.5. The molecule has 0 saturated carbocycles. The van der Waals surface area contributed by atoms with Crippen molar-refractivity contribution in [2.45, 2.75) is 13.1 Å². The average Bonchev–Trinajstić information content (AvgIpc) is 2.59. The molecule has 1 aromatic heterocycles. The van der Waals surface area contributed by atoms with E-state index < -0.39 is 0 Å². The van der Waals surface area contributed by atoms with E-state index >= 15 is 0 Å². The van der Waals surface area contributed by atoms with Crippen LogP contribution in [0.2, 0.25) is 0 Å². The molecule has 0 unspecified atom stereocenters. The lowest BCUT2D eigenvalue weighted by Gasteiger charge is -2.22. The molecule has 0 saturated heterocycles. The summed E-state index contributed by atoms with van der Waals surface area (Å²) < 4.78 is 0. The van der Waals surface area contributed by atoms with Crippen molar-refractivity contribution in [2.75, 3.05) is 53.6 Å². The van der Waals surface area contributed by atoms with Crippen LogP contribution in [-0.2, 0) is 13.1 Å². The Morgan fingerprint density at radius 3 is 1.75 bits per heavy atom. The molecule has 0 spiro atoms. The lowest BCUT2D eigenvalue weighted by Crippen LogP contribution is -2.30. The summed E-state index contributed by atoms with van der Waals surface area (Å²) in [7, 11) is 3.88. The van der Waals surface area contributed by atoms with Crippen LogP contribution in [0.3, 0.4) is 0 Å². The van der Waals surface area contributed by atoms with Crippen molar-refractivity contribution in [3.05, 3.63) is 29.6 Å². The zero-order valence-electron chi connectivity index (χ0n) is 14.7. The first-order valence-electron chi connectivity index (χ1n) is 8.26. The van der Waals surface area contributed by atoms with Crippen molar-refractivity contribution in [2.24, 2.45) is 11.8 Å². The number of pyridine rings is 1. The summed E-state index contributed by atoms with van der Waals surface area (Å²) in [6.07, 6.45) is 1.84. The number of aromatic nitrogens is 1. The summed E-state index contributed by atoms with van der Waals surface area (Å²) in [5, 5.41) is 36.5. The average molecular weight is 341 g/mol. The van der Waals surface area contributed by atoms with Gasteiger partial charge in [-0.2, -0.15) is 0 Å². The summed E-state index contributed by atoms with van der Waals surface area (Å²) in [6.45, 7) is 2.51. The highest BCUT2D eigenvalue weighted by atomic mass is 16.3. The molecule has 1 heterocycles. The van der Waals surface area contributed by atoms with Gasteiger partial charge in [0.2, 0.25) is 0 Å². The first-order chi connectivity index (χ1) is 11.5. The third-order valence-electron chi connectivity index (χ3n) is 3.94. The summed E-state index contributed by atoms with van der Waals surface area (Å²) >= 11 is 0. The van der Waals surface area contributed by atoms with Gasteiger partial charge in [0.25, 0.3) is 0 Å². The molecule has 0 radical (unpaired) electrons. The summed E-state index contributed by atoms with van der Waals surface area (Å²) in [4.78, 5) is 8.53. The first kappa shape index (κ1) is 21.0. The summed E-state index contributed by atoms with van der Waals surface area (Å²) in [5.74, 6) is -0.254. The minimum absolute atomic E-state index is 0.0208. The van der Waals surface area contributed by atoms with Gasteiger partial charge in [-0.15, -0.1) is 0 Å². The van der Waals surface area contributed by atoms with Gasteiger partial charge in [0, 0.05) is 70.6 Å². The van der Waals surface area contributed by atoms with Crippen molar-refractivity contribution in [3.63, 3.8) is 0 Å². The fourth-order valence-electron chi connectivity index (χ4n) is 2.59. The van der Waals surface area contributed by atoms with Gasteiger partial charge in [-0.05, 0) is 25.7 Å². The molecule has 138 valence electrons. The van der Waals surface area contributed by atoms with Gasteiger partial charge in [-0.25, -0.2) is 0 Å². The molecule has 24 heavy (non-hydrogen) atoms. The Balaban J connectivity index is 2.47. The Bertz CT molecular complexity index is 395. The fourth-order valence-corrected chi connectivity index (χ4v) is 2.59. The van der Waals surface area contributed by atoms with Gasteiger partial charge < -0.3 is 30.2 Å². The largest absolute Gasteiger partial charge is 0.396 e. The van der Waals surface area contributed by atoms with E-state index in [1.165, 1.54) is 0 Å². The fraction of sp³-hybridized carbons (Fsp3) is 0.706. The topological polar surface area (TPSA) is 100 Å². The van der Waals surface area contributed by atoms with Crippen LogP contribution in [-0.4, -0.2) is 88.8 Å². The predicted molar refractivity (Wildman–Crippen MR) is 92.2 cm³/mol. The number of aliphatic hydroxyl groups is 4. The molecule has 0 aromatic carbocycles. The number of nitrogens with zero attached hydrogens (tertiary/aromatic N) is 3. The van der Waals surface area contributed by atoms with Crippen molar-refractivity contribution in [1.82, 2.24) is 14.8 Å². The summed E-state index contributed by atoms with van der Waals surface area (Å²) in [6, 6.07) is 4.00. The van der Waals surface area contributed by atoms with Gasteiger partial charge in [-0.3, -0.25) is 4.98 Å². The van der Waals surface area contributed by atoms with Crippen LogP contribution >= 0.6 is 0 Å². The molecular formula is C17H31N3O4. The highest BCUT2D eigenvalue weighted by Gasteiger charge is 2.12. The molecule has 1 rings (SSSR count). The second-order valence-electron chi connectivity index (χ2n) is 6.51. The minimum Gasteiger partial charge on any atom is -0.396 e. The molecular weight excluding hydrogens is 310 g/mol. The molecule has 0 amide bonds. The Kier molecular flexibility index (Phi) is 10.0. The zero-order chi connectivity index (χ0) is 17.9. The zero-order valence-corrected chi connectivity index (χ0v) is 14.7. The third-order valence-corrected chi connectivity index (χ3v) is 3.94. The number of aliphatic hydroxyl groups excluding tert-OH is 4. The Morgan fingerprint density at radius 1 is 0.833 bits per heavy atom. The van der Waals surface area contributed by atoms with E-state index in [1.807, 2.05) is 42.2 Å². The third kappa shape index (κ3) is 7.65. The van der Waals surface area contributed by atoms with Crippen molar-refractivity contribution in [1.29, 1.82) is 0 Å². The van der Waals surface area contributed by atoms with E-state index in [9.17, 15) is 0 Å². The number of hydrogen-bond donors (Lipinski definition) is 4. The van der Waals surface area contributed by atoms with E-state index in [4.69, 9.17) is 20.4 Å². The number of hydrogen-bond acceptors (Lipinski definition) is 7. The van der Waals surface area contributed by atoms with Gasteiger partial charge in [-0.1, -0.05) is 6.07 Å². The Hall–Kier alpha value is -1.09. The van der Waals surface area contributed by atoms with E-state index in [0.717, 1.165) is 11.3 Å². The lowest BCUT2D eigenvalue weighted by atomic mass is 10.1. The van der Waals surface area contributed by atoms with Gasteiger partial charge in [0.15, 0.2) is 0 Å². The second-order valence-corrected chi connectivity index (χ2v) is 6.51. The lowest BCUT2D eigenvalue weighted by molar-refractivity contribution is 0.116. The predicted octanol–water partition coefficient (Wildman–Crippen LogP) is -0.853. The normalized spacial score (nSPS) is 12.1. The molecule has 4 N–H and O–H groups in total. The highest BCUT2D eigenvalue weighted by molar-refractivity contribution is 5.14. The molecule has 0 aliphatic heterocycles. The molecule has 0 atom stereocenters. The molecule has 1 aromatic rings. The van der Waals surface area contributed by atoms with Crippen LogP contribution in [0.25, 0.3) is 0 Å². The smallest absolute Gasteiger partial charge is 0.0544 e. The maximum Gasteiger partial charge on any atom is 0.0544 e. The Labute approximate surface area is 144 Å². The molecule has 0 fully saturated rings. The maximum absolute atomic E-state index is 9.12. The van der Waals surface area contributed by atoms with E-state index in [0.29, 0.717) is 26.2 Å². The molecule has 0 aliphatic rings. The highest BCUT2D eigenvalue weighted by Crippen LogP contribution is 2.08. The van der Waals surface area contributed by atoms with Crippen LogP contribution in [0.5, 0.6) is 0 Å². The molecule has 0 bridgehead atoms. The van der Waals surface area contributed by atoms with Crippen LogP contribution in [0, 0.1) is 11.8 Å². The van der Waals surface area contributed by atoms with Crippen molar-refractivity contribution < 1.29 is 20.4 Å². The molecule has 7 nitrogen and oxygen atoms in total. The van der Waals surface area contributed by atoms with Crippen LogP contribution in [0.15, 0.2) is 18.3 Å². The van der Waals surface area contributed by atoms with Gasteiger partial charge >= 0.3 is 0 Å². The van der Waals surface area contributed by atoms with Crippen LogP contribution in [0.1, 0.15) is 11.3 Å². The first-order valence-corrected chi connectivity index (χ1v) is 8.26. The summed E-state index contributed by atoms with van der Waals surface area (Å²) in [5.41, 5.74) is 2.00. The van der Waals surface area contributed by atoms with Crippen LogP contribution in [0.4, 0.5) is 0 Å². The van der Waals surface area contributed by atoms with E-state index in [-0.39, 0.29) is 38.3 Å². The number of rotatable bonds is 12. The molecule has 7 heteroatoms. The SMILES string of the molecule is CN(Cc1ccc(CN(C)CC(CO)CO)nc1)CC(CO)CO. The van der Waals surface area contributed by atoms with Crippen molar-refractivity contribution in [3.8, 4) is 0 Å². The maximum atomic E-state index is 9.12. The standard InChI is InChI=1S/C17H31N3O4/c1-19(7-15(10-21)11-22)6-14-3-4-17(18-5-14)9-20(2)8-16(12-23)13-24/h3-5,15-16,21-24H,6-13H2,1-2H3. The van der Waals surface area contributed by atoms with E-state index in [1.54, 1.807) is 0 Å². The quantitative estimate of drug-likeness (QED) is 0.393. The van der Waals surface area contributed by atoms with Crippen molar-refractivity contribution >= 4 is 0 Å². The minimum atomic E-state index is -0.131. The monoisotopic (exact) mass is 341 g/mol. The van der Waals surface area contributed by atoms with Gasteiger partial charge in [0.05, 0.1) is 5.69 Å².